The molecular formula is C23H26F3N3O4. The van der Waals surface area contributed by atoms with Gasteiger partial charge in [0.25, 0.3) is 0 Å². The summed E-state index contributed by atoms with van der Waals surface area (Å²) in [5, 5.41) is 5.10. The SMILES string of the molecule is CC(C)(C)OC(=O)N1CCOC(c2ccc(NC(=O)Nc3ccc(C(F)(F)F)cc3)cc2)C1. The fraction of sp³-hybridized carbons (Fsp3) is 0.391. The van der Waals surface area contributed by atoms with Crippen LogP contribution in [0.2, 0.25) is 0 Å². The number of rotatable bonds is 3. The molecule has 1 saturated heterocycles. The Balaban J connectivity index is 1.55. The number of amides is 3. The molecule has 2 aromatic rings. The number of carbonyl (C=O) groups is 2. The number of halogens is 3. The highest BCUT2D eigenvalue weighted by Gasteiger charge is 2.30. The van der Waals surface area contributed by atoms with Crippen molar-refractivity contribution < 1.29 is 32.2 Å². The Kier molecular flexibility index (Phi) is 7.16. The second kappa shape index (κ2) is 9.70. The number of alkyl halides is 3. The molecule has 1 heterocycles. The van der Waals surface area contributed by atoms with Gasteiger partial charge in [-0.25, -0.2) is 9.59 Å². The predicted molar refractivity (Wildman–Crippen MR) is 117 cm³/mol. The van der Waals surface area contributed by atoms with Gasteiger partial charge < -0.3 is 25.0 Å². The van der Waals surface area contributed by atoms with Crippen LogP contribution in [0.5, 0.6) is 0 Å². The van der Waals surface area contributed by atoms with Gasteiger partial charge >= 0.3 is 18.3 Å². The van der Waals surface area contributed by atoms with Crippen molar-refractivity contribution in [1.82, 2.24) is 4.90 Å². The molecule has 178 valence electrons. The van der Waals surface area contributed by atoms with Gasteiger partial charge in [0.05, 0.1) is 18.7 Å². The third kappa shape index (κ3) is 7.11. The highest BCUT2D eigenvalue weighted by Crippen LogP contribution is 2.30. The van der Waals surface area contributed by atoms with E-state index in [9.17, 15) is 22.8 Å². The zero-order valence-corrected chi connectivity index (χ0v) is 18.5. The van der Waals surface area contributed by atoms with Gasteiger partial charge in [0.1, 0.15) is 11.7 Å². The third-order valence-electron chi connectivity index (χ3n) is 4.73. The summed E-state index contributed by atoms with van der Waals surface area (Å²) in [5.41, 5.74) is 0.174. The summed E-state index contributed by atoms with van der Waals surface area (Å²) in [5.74, 6) is 0. The van der Waals surface area contributed by atoms with Crippen molar-refractivity contribution >= 4 is 23.5 Å². The molecule has 2 N–H and O–H groups in total. The van der Waals surface area contributed by atoms with Crippen molar-refractivity contribution in [2.45, 2.75) is 38.7 Å². The number of ether oxygens (including phenoxy) is 2. The summed E-state index contributed by atoms with van der Waals surface area (Å²) in [7, 11) is 0. The van der Waals surface area contributed by atoms with Crippen LogP contribution in [0.4, 0.5) is 34.1 Å². The highest BCUT2D eigenvalue weighted by molar-refractivity contribution is 5.99. The number of urea groups is 1. The molecule has 10 heteroatoms. The van der Waals surface area contributed by atoms with Crippen molar-refractivity contribution in [3.05, 3.63) is 59.7 Å². The van der Waals surface area contributed by atoms with Gasteiger partial charge in [-0.2, -0.15) is 13.2 Å². The normalized spacial score (nSPS) is 16.8. The molecular weight excluding hydrogens is 439 g/mol. The number of hydrogen-bond donors (Lipinski definition) is 2. The minimum atomic E-state index is -4.44. The summed E-state index contributed by atoms with van der Waals surface area (Å²) in [6.07, 6.45) is -5.16. The Morgan fingerprint density at radius 1 is 0.970 bits per heavy atom. The lowest BCUT2D eigenvalue weighted by Gasteiger charge is -2.34. The lowest BCUT2D eigenvalue weighted by Crippen LogP contribution is -2.44. The Bertz CT molecular complexity index is 970. The molecule has 1 fully saturated rings. The molecule has 1 unspecified atom stereocenters. The number of hydrogen-bond acceptors (Lipinski definition) is 4. The van der Waals surface area contributed by atoms with Gasteiger partial charge in [0.15, 0.2) is 0 Å². The summed E-state index contributed by atoms with van der Waals surface area (Å²) < 4.78 is 49.1. The number of nitrogens with one attached hydrogen (secondary N) is 2. The first kappa shape index (κ1) is 24.4. The molecule has 33 heavy (non-hydrogen) atoms. The van der Waals surface area contributed by atoms with E-state index in [1.165, 1.54) is 12.1 Å². The van der Waals surface area contributed by atoms with Gasteiger partial charge in [-0.3, -0.25) is 0 Å². The van der Waals surface area contributed by atoms with Crippen molar-refractivity contribution in [3.8, 4) is 0 Å². The van der Waals surface area contributed by atoms with Crippen LogP contribution in [-0.4, -0.2) is 42.3 Å². The van der Waals surface area contributed by atoms with Crippen LogP contribution in [-0.2, 0) is 15.7 Å². The second-order valence-electron chi connectivity index (χ2n) is 8.56. The molecule has 0 spiro atoms. The van der Waals surface area contributed by atoms with E-state index in [1.807, 2.05) is 20.8 Å². The van der Waals surface area contributed by atoms with E-state index in [0.29, 0.717) is 25.4 Å². The molecule has 0 aliphatic carbocycles. The predicted octanol–water partition coefficient (Wildman–Crippen LogP) is 5.66. The molecule has 0 aromatic heterocycles. The van der Waals surface area contributed by atoms with E-state index in [0.717, 1.165) is 17.7 Å². The molecule has 1 atom stereocenters. The number of morpholine rings is 1. The summed E-state index contributed by atoms with van der Waals surface area (Å²) in [4.78, 5) is 26.1. The second-order valence-corrected chi connectivity index (χ2v) is 8.56. The van der Waals surface area contributed by atoms with Crippen LogP contribution in [0, 0.1) is 0 Å². The average Bonchev–Trinajstić information content (AvgIpc) is 2.73. The van der Waals surface area contributed by atoms with E-state index in [-0.39, 0.29) is 11.8 Å². The molecule has 1 aliphatic heterocycles. The van der Waals surface area contributed by atoms with Gasteiger partial charge in [0.2, 0.25) is 0 Å². The molecule has 2 aromatic carbocycles. The molecule has 7 nitrogen and oxygen atoms in total. The van der Waals surface area contributed by atoms with Crippen LogP contribution < -0.4 is 10.6 Å². The van der Waals surface area contributed by atoms with Crippen molar-refractivity contribution in [1.29, 1.82) is 0 Å². The maximum absolute atomic E-state index is 12.6. The van der Waals surface area contributed by atoms with E-state index in [4.69, 9.17) is 9.47 Å². The largest absolute Gasteiger partial charge is 0.444 e. The fourth-order valence-electron chi connectivity index (χ4n) is 3.16. The summed E-state index contributed by atoms with van der Waals surface area (Å²) in [6.45, 7) is 6.58. The van der Waals surface area contributed by atoms with Crippen molar-refractivity contribution in [2.24, 2.45) is 0 Å². The topological polar surface area (TPSA) is 79.9 Å². The van der Waals surface area contributed by atoms with Gasteiger partial charge in [-0.05, 0) is 62.7 Å². The van der Waals surface area contributed by atoms with E-state index in [1.54, 1.807) is 29.2 Å². The Hall–Kier alpha value is -3.27. The molecule has 0 saturated carbocycles. The van der Waals surface area contributed by atoms with Crippen LogP contribution in [0.15, 0.2) is 48.5 Å². The smallest absolute Gasteiger partial charge is 0.416 e. The summed E-state index contributed by atoms with van der Waals surface area (Å²) >= 11 is 0. The van der Waals surface area contributed by atoms with Crippen LogP contribution in [0.1, 0.15) is 38.0 Å². The first-order valence-corrected chi connectivity index (χ1v) is 10.4. The summed E-state index contributed by atoms with van der Waals surface area (Å²) in [6, 6.07) is 10.5. The quantitative estimate of drug-likeness (QED) is 0.613. The molecule has 3 amide bonds. The highest BCUT2D eigenvalue weighted by atomic mass is 19.4. The zero-order valence-electron chi connectivity index (χ0n) is 18.5. The van der Waals surface area contributed by atoms with E-state index in [2.05, 4.69) is 10.6 Å². The van der Waals surface area contributed by atoms with Gasteiger partial charge in [-0.1, -0.05) is 12.1 Å². The van der Waals surface area contributed by atoms with E-state index >= 15 is 0 Å². The Morgan fingerprint density at radius 3 is 2.03 bits per heavy atom. The Morgan fingerprint density at radius 2 is 1.52 bits per heavy atom. The maximum Gasteiger partial charge on any atom is 0.416 e. The molecule has 0 radical (unpaired) electrons. The number of benzene rings is 2. The monoisotopic (exact) mass is 465 g/mol. The number of nitrogens with zero attached hydrogens (tertiary/aromatic N) is 1. The van der Waals surface area contributed by atoms with E-state index < -0.39 is 29.5 Å². The lowest BCUT2D eigenvalue weighted by atomic mass is 10.1. The Labute approximate surface area is 189 Å². The van der Waals surface area contributed by atoms with Gasteiger partial charge in [-0.15, -0.1) is 0 Å². The van der Waals surface area contributed by atoms with Crippen LogP contribution in [0.3, 0.4) is 0 Å². The minimum absolute atomic E-state index is 0.231. The molecule has 3 rings (SSSR count). The van der Waals surface area contributed by atoms with Crippen LogP contribution >= 0.6 is 0 Å². The first-order valence-electron chi connectivity index (χ1n) is 10.4. The van der Waals surface area contributed by atoms with Crippen molar-refractivity contribution in [2.75, 3.05) is 30.3 Å². The first-order chi connectivity index (χ1) is 15.4. The minimum Gasteiger partial charge on any atom is -0.444 e. The van der Waals surface area contributed by atoms with Gasteiger partial charge in [0, 0.05) is 17.9 Å². The fourth-order valence-corrected chi connectivity index (χ4v) is 3.16. The average molecular weight is 465 g/mol. The van der Waals surface area contributed by atoms with Crippen LogP contribution in [0.25, 0.3) is 0 Å². The molecule has 0 bridgehead atoms. The standard InChI is InChI=1S/C23H26F3N3O4/c1-22(2,3)33-21(31)29-12-13-32-19(14-29)15-4-8-17(9-5-15)27-20(30)28-18-10-6-16(7-11-18)23(24,25)26/h4-11,19H,12-14H2,1-3H3,(H2,27,28,30). The zero-order chi connectivity index (χ0) is 24.2. The van der Waals surface area contributed by atoms with Crippen molar-refractivity contribution in [3.63, 3.8) is 0 Å². The number of carbonyl (C=O) groups excluding carboxylic acids is 2. The number of anilines is 2. The maximum atomic E-state index is 12.6. The molecule has 1 aliphatic rings. The lowest BCUT2D eigenvalue weighted by molar-refractivity contribution is -0.137. The third-order valence-corrected chi connectivity index (χ3v) is 4.73.